The van der Waals surface area contributed by atoms with Crippen molar-refractivity contribution in [3.63, 3.8) is 0 Å². The van der Waals surface area contributed by atoms with Crippen molar-refractivity contribution < 1.29 is 19.4 Å². The molecule has 0 saturated carbocycles. The molecule has 0 heterocycles. The molecule has 0 fully saturated rings. The molecule has 1 rings (SSSR count). The van der Waals surface area contributed by atoms with Crippen LogP contribution in [0.3, 0.4) is 0 Å². The molecule has 0 bridgehead atoms. The number of unbranched alkanes of at least 4 members (excludes halogenated alkanes) is 9. The Hall–Kier alpha value is -0.650. The van der Waals surface area contributed by atoms with Gasteiger partial charge >= 0.3 is 0 Å². The third-order valence-corrected chi connectivity index (χ3v) is 5.86. The molecule has 0 radical (unpaired) electrons. The third kappa shape index (κ3) is 14.4. The number of nitrogens with zero attached hydrogens (tertiary/aromatic N) is 1. The zero-order valence-corrected chi connectivity index (χ0v) is 20.1. The Labute approximate surface area is 191 Å². The zero-order chi connectivity index (χ0) is 21.0. The van der Waals surface area contributed by atoms with E-state index < -0.39 is 0 Å². The molecule has 0 aliphatic carbocycles. The van der Waals surface area contributed by atoms with Gasteiger partial charge in [0.25, 0.3) is 0 Å². The largest absolute Gasteiger partial charge is 0.391 e. The van der Waals surface area contributed by atoms with E-state index in [2.05, 4.69) is 19.1 Å². The Balaban J connectivity index is 0.00000841. The summed E-state index contributed by atoms with van der Waals surface area (Å²) < 4.78 is 6.59. The summed E-state index contributed by atoms with van der Waals surface area (Å²) in [6, 6.07) is 10.3. The number of rotatable bonds is 20. The van der Waals surface area contributed by atoms with Gasteiger partial charge in [-0.3, -0.25) is 0 Å². The van der Waals surface area contributed by atoms with Crippen molar-refractivity contribution in [1.29, 1.82) is 0 Å². The molecular formula is C25H47ClNO3+. The Morgan fingerprint density at radius 1 is 0.700 bits per heavy atom. The van der Waals surface area contributed by atoms with Gasteiger partial charge in [0.15, 0.2) is 0 Å². The number of hydrogen-bond donors (Lipinski definition) is 2. The molecule has 0 amide bonds. The van der Waals surface area contributed by atoms with E-state index in [1.807, 2.05) is 18.2 Å². The number of quaternary nitrogens is 1. The topological polar surface area (TPSA) is 49.7 Å². The number of ether oxygens (including phenoxy) is 1. The van der Waals surface area contributed by atoms with Crippen LogP contribution in [0.2, 0.25) is 0 Å². The van der Waals surface area contributed by atoms with Gasteiger partial charge in [-0.2, -0.15) is 0 Å². The lowest BCUT2D eigenvalue weighted by molar-refractivity contribution is -0.941. The highest BCUT2D eigenvalue weighted by molar-refractivity contribution is 5.85. The predicted molar refractivity (Wildman–Crippen MR) is 129 cm³/mol. The maximum absolute atomic E-state index is 9.57. The molecule has 1 aromatic carbocycles. The first kappa shape index (κ1) is 29.4. The lowest BCUT2D eigenvalue weighted by Gasteiger charge is -2.38. The summed E-state index contributed by atoms with van der Waals surface area (Å²) in [7, 11) is 0. The molecule has 5 heteroatoms. The van der Waals surface area contributed by atoms with Crippen LogP contribution in [0, 0.1) is 0 Å². The van der Waals surface area contributed by atoms with Crippen molar-refractivity contribution in [2.45, 2.75) is 77.7 Å². The second kappa shape index (κ2) is 20.3. The van der Waals surface area contributed by atoms with Crippen LogP contribution in [0.5, 0.6) is 0 Å². The monoisotopic (exact) mass is 444 g/mol. The molecule has 0 atom stereocenters. The van der Waals surface area contributed by atoms with Gasteiger partial charge in [-0.25, -0.2) is 0 Å². The van der Waals surface area contributed by atoms with Crippen LogP contribution in [0.4, 0.5) is 0 Å². The van der Waals surface area contributed by atoms with E-state index >= 15 is 0 Å². The van der Waals surface area contributed by atoms with Gasteiger partial charge in [-0.05, 0) is 6.42 Å². The summed E-state index contributed by atoms with van der Waals surface area (Å²) in [5.41, 5.74) is 1.24. The molecule has 0 aliphatic rings. The SMILES string of the molecule is CCCCCCCCCCCCOCC[N+](CCO)(CCO)Cc1ccccc1.Cl. The fourth-order valence-corrected chi connectivity index (χ4v) is 4.02. The number of halogens is 1. The van der Waals surface area contributed by atoms with Crippen LogP contribution >= 0.6 is 12.4 Å². The fraction of sp³-hybridized carbons (Fsp3) is 0.760. The highest BCUT2D eigenvalue weighted by Gasteiger charge is 2.26. The summed E-state index contributed by atoms with van der Waals surface area (Å²) in [5, 5.41) is 19.1. The van der Waals surface area contributed by atoms with Crippen molar-refractivity contribution in [3.8, 4) is 0 Å². The van der Waals surface area contributed by atoms with Crippen molar-refractivity contribution in [2.24, 2.45) is 0 Å². The molecular weight excluding hydrogens is 398 g/mol. The minimum Gasteiger partial charge on any atom is -0.391 e. The smallest absolute Gasteiger partial charge is 0.105 e. The van der Waals surface area contributed by atoms with E-state index in [0.29, 0.717) is 24.2 Å². The van der Waals surface area contributed by atoms with Gasteiger partial charge in [0, 0.05) is 12.2 Å². The summed E-state index contributed by atoms with van der Waals surface area (Å²) in [5.74, 6) is 0. The van der Waals surface area contributed by atoms with E-state index in [-0.39, 0.29) is 25.6 Å². The van der Waals surface area contributed by atoms with Crippen LogP contribution < -0.4 is 0 Å². The van der Waals surface area contributed by atoms with Crippen molar-refractivity contribution in [1.82, 2.24) is 0 Å². The molecule has 176 valence electrons. The van der Waals surface area contributed by atoms with E-state index in [9.17, 15) is 10.2 Å². The molecule has 4 nitrogen and oxygen atoms in total. The molecule has 0 aliphatic heterocycles. The standard InChI is InChI=1S/C25H46NO3.ClH/c1-2-3-4-5-6-7-8-9-10-14-22-29-23-19-26(17-20-27,18-21-28)24-25-15-12-11-13-16-25;/h11-13,15-16,27-28H,2-10,14,17-24H2,1H3;1H/q+1;. The second-order valence-corrected chi connectivity index (χ2v) is 8.40. The van der Waals surface area contributed by atoms with Crippen LogP contribution in [0.25, 0.3) is 0 Å². The second-order valence-electron chi connectivity index (χ2n) is 8.40. The van der Waals surface area contributed by atoms with Crippen LogP contribution in [0.15, 0.2) is 30.3 Å². The minimum absolute atomic E-state index is 0. The Morgan fingerprint density at radius 2 is 1.23 bits per heavy atom. The van der Waals surface area contributed by atoms with Crippen molar-refractivity contribution in [2.75, 3.05) is 46.1 Å². The Morgan fingerprint density at radius 3 is 1.77 bits per heavy atom. The maximum Gasteiger partial charge on any atom is 0.105 e. The molecule has 2 N–H and O–H groups in total. The molecule has 0 saturated heterocycles. The highest BCUT2D eigenvalue weighted by Crippen LogP contribution is 2.15. The van der Waals surface area contributed by atoms with E-state index in [1.54, 1.807) is 0 Å². The minimum atomic E-state index is 0. The van der Waals surface area contributed by atoms with Crippen LogP contribution in [0.1, 0.15) is 76.7 Å². The summed E-state index contributed by atoms with van der Waals surface area (Å²) in [6.45, 7) is 6.98. The molecule has 0 unspecified atom stereocenters. The first-order valence-electron chi connectivity index (χ1n) is 11.9. The highest BCUT2D eigenvalue weighted by atomic mass is 35.5. The van der Waals surface area contributed by atoms with Gasteiger partial charge < -0.3 is 19.4 Å². The summed E-state index contributed by atoms with van der Waals surface area (Å²) in [4.78, 5) is 0. The van der Waals surface area contributed by atoms with Gasteiger partial charge in [-0.15, -0.1) is 12.4 Å². The van der Waals surface area contributed by atoms with Crippen molar-refractivity contribution >= 4 is 12.4 Å². The molecule has 1 aromatic rings. The van der Waals surface area contributed by atoms with Crippen LogP contribution in [-0.2, 0) is 11.3 Å². The average molecular weight is 445 g/mol. The van der Waals surface area contributed by atoms with Gasteiger partial charge in [-0.1, -0.05) is 95.0 Å². The molecule has 30 heavy (non-hydrogen) atoms. The number of aliphatic hydroxyl groups is 2. The lowest BCUT2D eigenvalue weighted by Crippen LogP contribution is -2.52. The lowest BCUT2D eigenvalue weighted by atomic mass is 10.1. The quantitative estimate of drug-likeness (QED) is 0.210. The van der Waals surface area contributed by atoms with Crippen molar-refractivity contribution in [3.05, 3.63) is 35.9 Å². The van der Waals surface area contributed by atoms with Gasteiger partial charge in [0.05, 0.1) is 19.8 Å². The zero-order valence-electron chi connectivity index (χ0n) is 19.3. The normalized spacial score (nSPS) is 11.4. The van der Waals surface area contributed by atoms with Gasteiger partial charge in [0.1, 0.15) is 26.2 Å². The Bertz CT molecular complexity index is 467. The summed E-state index contributed by atoms with van der Waals surface area (Å²) in [6.07, 6.45) is 13.4. The predicted octanol–water partition coefficient (Wildman–Crippen LogP) is 5.35. The maximum atomic E-state index is 9.57. The number of aliphatic hydroxyl groups excluding tert-OH is 2. The average Bonchev–Trinajstić information content (AvgIpc) is 2.72. The summed E-state index contributed by atoms with van der Waals surface area (Å²) >= 11 is 0. The van der Waals surface area contributed by atoms with E-state index in [4.69, 9.17) is 4.74 Å². The molecule has 0 spiro atoms. The van der Waals surface area contributed by atoms with E-state index in [0.717, 1.165) is 26.1 Å². The third-order valence-electron chi connectivity index (χ3n) is 5.86. The Kier molecular flexibility index (Phi) is 19.8. The van der Waals surface area contributed by atoms with E-state index in [1.165, 1.54) is 63.4 Å². The molecule has 0 aromatic heterocycles. The number of benzene rings is 1. The first-order chi connectivity index (χ1) is 14.3. The van der Waals surface area contributed by atoms with Gasteiger partial charge in [0.2, 0.25) is 0 Å². The number of hydrogen-bond acceptors (Lipinski definition) is 3. The van der Waals surface area contributed by atoms with Crippen LogP contribution in [-0.4, -0.2) is 60.8 Å². The first-order valence-corrected chi connectivity index (χ1v) is 11.9. The fourth-order valence-electron chi connectivity index (χ4n) is 4.02.